The molecule has 0 radical (unpaired) electrons. The first-order valence-corrected chi connectivity index (χ1v) is 10.3. The second-order valence-corrected chi connectivity index (χ2v) is 8.28. The molecular formula is C20H21NO7S. The lowest BCUT2D eigenvalue weighted by atomic mass is 10.0. The first kappa shape index (κ1) is 19.8. The number of aliphatic carboxylic acids is 1. The van der Waals surface area contributed by atoms with Crippen LogP contribution < -0.4 is 10.4 Å². The van der Waals surface area contributed by atoms with E-state index in [9.17, 15) is 19.8 Å². The summed E-state index contributed by atoms with van der Waals surface area (Å²) in [5.41, 5.74) is 0.560. The van der Waals surface area contributed by atoms with Crippen molar-refractivity contribution < 1.29 is 28.9 Å². The maximum Gasteiger partial charge on any atom is 0.352 e. The Morgan fingerprint density at radius 1 is 1.34 bits per heavy atom. The molecular weight excluding hydrogens is 398 g/mol. The van der Waals surface area contributed by atoms with Gasteiger partial charge in [0.15, 0.2) is 6.23 Å². The van der Waals surface area contributed by atoms with E-state index in [1.54, 1.807) is 24.3 Å². The molecule has 0 aliphatic carbocycles. The molecule has 2 aliphatic rings. The van der Waals surface area contributed by atoms with Crippen LogP contribution in [0.4, 0.5) is 0 Å². The highest BCUT2D eigenvalue weighted by atomic mass is 32.2. The molecule has 8 nitrogen and oxygen atoms in total. The molecule has 1 aromatic heterocycles. The number of nitrogens with zero attached hydrogens (tertiary/aromatic N) is 1. The largest absolute Gasteiger partial charge is 0.489 e. The van der Waals surface area contributed by atoms with Crippen LogP contribution in [0.5, 0.6) is 5.75 Å². The summed E-state index contributed by atoms with van der Waals surface area (Å²) in [4.78, 5) is 24.8. The summed E-state index contributed by atoms with van der Waals surface area (Å²) < 4.78 is 16.6. The van der Waals surface area contributed by atoms with Crippen LogP contribution in [0.2, 0.25) is 0 Å². The highest BCUT2D eigenvalue weighted by Crippen LogP contribution is 2.44. The van der Waals surface area contributed by atoms with Crippen molar-refractivity contribution in [2.45, 2.75) is 37.7 Å². The minimum atomic E-state index is -1.11. The zero-order chi connectivity index (χ0) is 20.7. The third kappa shape index (κ3) is 3.73. The van der Waals surface area contributed by atoms with E-state index in [4.69, 9.17) is 13.9 Å². The van der Waals surface area contributed by atoms with E-state index in [1.165, 1.54) is 22.7 Å². The average molecular weight is 419 g/mol. The third-order valence-electron chi connectivity index (χ3n) is 4.79. The Balaban J connectivity index is 1.54. The first-order valence-electron chi connectivity index (χ1n) is 9.20. The molecule has 0 spiro atoms. The normalized spacial score (nSPS) is 23.9. The lowest BCUT2D eigenvalue weighted by Crippen LogP contribution is -2.69. The molecule has 4 rings (SSSR count). The monoisotopic (exact) mass is 419 g/mol. The number of carboxylic acid groups (broad SMARTS) is 1. The van der Waals surface area contributed by atoms with Crippen LogP contribution in [0.25, 0.3) is 11.0 Å². The second-order valence-electron chi connectivity index (χ2n) is 7.17. The maximum atomic E-state index is 11.9. The molecule has 154 valence electrons. The molecule has 2 aliphatic heterocycles. The molecule has 0 saturated carbocycles. The maximum absolute atomic E-state index is 11.9. The lowest BCUT2D eigenvalue weighted by molar-refractivity contribution is -0.207. The summed E-state index contributed by atoms with van der Waals surface area (Å²) in [6, 6.07) is 8.10. The second kappa shape index (κ2) is 7.74. The summed E-state index contributed by atoms with van der Waals surface area (Å²) in [6.07, 6.45) is -1.50. The van der Waals surface area contributed by atoms with Crippen LogP contribution in [0.15, 0.2) is 50.8 Å². The Kier molecular flexibility index (Phi) is 5.28. The third-order valence-corrected chi connectivity index (χ3v) is 6.15. The van der Waals surface area contributed by atoms with E-state index in [1.807, 2.05) is 13.8 Å². The number of carboxylic acids is 1. The summed E-state index contributed by atoms with van der Waals surface area (Å²) >= 11 is 1.52. The van der Waals surface area contributed by atoms with Gasteiger partial charge in [0, 0.05) is 28.8 Å². The van der Waals surface area contributed by atoms with Crippen molar-refractivity contribution in [3.63, 3.8) is 0 Å². The number of fused-ring (bicyclic) bond motifs is 2. The fourth-order valence-electron chi connectivity index (χ4n) is 3.51. The standard InChI is InChI=1S/C20H21NO7S/c1-10(2)27-17-18(23)21-16(20(24)25)12(9-29-19(17)21)8-26-13-5-3-11-4-6-15(22)28-14(11)7-13/h3-7,10,17-19,23H,8-9H2,1-2H3,(H,24,25). The number of aliphatic hydroxyl groups excluding tert-OH is 1. The van der Waals surface area contributed by atoms with Gasteiger partial charge in [0.05, 0.1) is 6.10 Å². The van der Waals surface area contributed by atoms with Crippen LogP contribution in [0.1, 0.15) is 13.8 Å². The fourth-order valence-corrected chi connectivity index (χ4v) is 4.89. The van der Waals surface area contributed by atoms with Crippen molar-refractivity contribution in [1.82, 2.24) is 4.90 Å². The van der Waals surface area contributed by atoms with Gasteiger partial charge >= 0.3 is 11.6 Å². The van der Waals surface area contributed by atoms with Crippen LogP contribution >= 0.6 is 11.8 Å². The van der Waals surface area contributed by atoms with Gasteiger partial charge in [0.1, 0.15) is 35.1 Å². The lowest BCUT2D eigenvalue weighted by Gasteiger charge is -2.55. The predicted molar refractivity (Wildman–Crippen MR) is 107 cm³/mol. The number of thioether (sulfide) groups is 1. The van der Waals surface area contributed by atoms with Crippen LogP contribution in [-0.4, -0.2) is 57.3 Å². The van der Waals surface area contributed by atoms with Crippen LogP contribution in [0, 0.1) is 0 Å². The average Bonchev–Trinajstić information content (AvgIpc) is 2.69. The minimum Gasteiger partial charge on any atom is -0.489 e. The Morgan fingerprint density at radius 3 is 2.83 bits per heavy atom. The number of rotatable bonds is 6. The molecule has 1 saturated heterocycles. The van der Waals surface area contributed by atoms with Gasteiger partial charge in [-0.15, -0.1) is 11.8 Å². The quantitative estimate of drug-likeness (QED) is 0.680. The summed E-state index contributed by atoms with van der Waals surface area (Å²) in [7, 11) is 0. The molecule has 9 heteroatoms. The van der Waals surface area contributed by atoms with Gasteiger partial charge in [-0.2, -0.15) is 0 Å². The zero-order valence-corrected chi connectivity index (χ0v) is 16.7. The molecule has 1 fully saturated rings. The molecule has 1 aromatic carbocycles. The fraction of sp³-hybridized carbons (Fsp3) is 0.400. The van der Waals surface area contributed by atoms with E-state index in [-0.39, 0.29) is 23.8 Å². The molecule has 0 bridgehead atoms. The number of carbonyl (C=O) groups is 1. The van der Waals surface area contributed by atoms with Crippen LogP contribution in [-0.2, 0) is 9.53 Å². The highest BCUT2D eigenvalue weighted by Gasteiger charge is 2.54. The Morgan fingerprint density at radius 2 is 2.10 bits per heavy atom. The minimum absolute atomic E-state index is 0.0445. The topological polar surface area (TPSA) is 109 Å². The number of ether oxygens (including phenoxy) is 2. The first-order chi connectivity index (χ1) is 13.8. The number of benzene rings is 1. The Labute approximate surface area is 170 Å². The van der Waals surface area contributed by atoms with E-state index < -0.39 is 23.9 Å². The van der Waals surface area contributed by atoms with Crippen molar-refractivity contribution in [1.29, 1.82) is 0 Å². The molecule has 29 heavy (non-hydrogen) atoms. The molecule has 2 N–H and O–H groups in total. The van der Waals surface area contributed by atoms with E-state index in [0.717, 1.165) is 5.39 Å². The Hall–Kier alpha value is -2.49. The SMILES string of the molecule is CC(C)OC1C(O)N2C(C(=O)O)=C(COc3ccc4ccc(=O)oc4c3)CSC12. The summed E-state index contributed by atoms with van der Waals surface area (Å²) in [6.45, 7) is 3.80. The molecule has 3 atom stereocenters. The van der Waals surface area contributed by atoms with Crippen molar-refractivity contribution in [3.05, 3.63) is 52.0 Å². The number of hydrogen-bond donors (Lipinski definition) is 2. The highest BCUT2D eigenvalue weighted by molar-refractivity contribution is 8.00. The van der Waals surface area contributed by atoms with Gasteiger partial charge in [-0.1, -0.05) is 0 Å². The van der Waals surface area contributed by atoms with Crippen molar-refractivity contribution >= 4 is 28.7 Å². The van der Waals surface area contributed by atoms with E-state index in [0.29, 0.717) is 22.7 Å². The van der Waals surface area contributed by atoms with Gasteiger partial charge < -0.3 is 29.0 Å². The smallest absolute Gasteiger partial charge is 0.352 e. The molecule has 2 aromatic rings. The van der Waals surface area contributed by atoms with Gasteiger partial charge in [0.2, 0.25) is 0 Å². The zero-order valence-electron chi connectivity index (χ0n) is 15.9. The van der Waals surface area contributed by atoms with Crippen molar-refractivity contribution in [3.8, 4) is 5.75 Å². The van der Waals surface area contributed by atoms with Gasteiger partial charge in [0.25, 0.3) is 0 Å². The summed E-state index contributed by atoms with van der Waals surface area (Å²) in [5.74, 6) is -0.197. The van der Waals surface area contributed by atoms with Crippen LogP contribution in [0.3, 0.4) is 0 Å². The molecule has 3 heterocycles. The number of hydrogen-bond acceptors (Lipinski definition) is 8. The van der Waals surface area contributed by atoms with Crippen molar-refractivity contribution in [2.75, 3.05) is 12.4 Å². The molecule has 3 unspecified atom stereocenters. The van der Waals surface area contributed by atoms with Gasteiger partial charge in [-0.3, -0.25) is 0 Å². The Bertz CT molecular complexity index is 1030. The summed E-state index contributed by atoms with van der Waals surface area (Å²) in [5, 5.41) is 20.7. The van der Waals surface area contributed by atoms with E-state index >= 15 is 0 Å². The van der Waals surface area contributed by atoms with E-state index in [2.05, 4.69) is 0 Å². The van der Waals surface area contributed by atoms with Crippen molar-refractivity contribution in [2.24, 2.45) is 0 Å². The molecule has 0 amide bonds. The predicted octanol–water partition coefficient (Wildman–Crippen LogP) is 2.01. The van der Waals surface area contributed by atoms with Gasteiger partial charge in [-0.25, -0.2) is 9.59 Å². The van der Waals surface area contributed by atoms with Gasteiger partial charge in [-0.05, 0) is 32.0 Å². The number of aliphatic hydroxyl groups is 1.